The summed E-state index contributed by atoms with van der Waals surface area (Å²) in [6, 6.07) is 3.83. The first-order valence-electron chi connectivity index (χ1n) is 11.5. The highest BCUT2D eigenvalue weighted by Crippen LogP contribution is 2.31. The van der Waals surface area contributed by atoms with Crippen LogP contribution in [0.2, 0.25) is 0 Å². The van der Waals surface area contributed by atoms with Crippen molar-refractivity contribution in [2.75, 3.05) is 45.7 Å². The second-order valence-electron chi connectivity index (χ2n) is 8.26. The van der Waals surface area contributed by atoms with Gasteiger partial charge < -0.3 is 19.9 Å². The number of likely N-dealkylation sites (N-methyl/N-ethyl adjacent to an activating group) is 2. The Hall–Kier alpha value is -2.74. The number of carbonyl (C=O) groups is 1. The van der Waals surface area contributed by atoms with Gasteiger partial charge in [-0.3, -0.25) is 9.78 Å². The van der Waals surface area contributed by atoms with Crippen LogP contribution in [-0.2, 0) is 17.6 Å². The summed E-state index contributed by atoms with van der Waals surface area (Å²) >= 11 is 0. The zero-order valence-corrected chi connectivity index (χ0v) is 20.6. The number of nitrogens with zero attached hydrogens (tertiary/aromatic N) is 5. The second kappa shape index (κ2) is 12.3. The fourth-order valence-corrected chi connectivity index (χ4v) is 3.47. The van der Waals surface area contributed by atoms with Gasteiger partial charge in [-0.2, -0.15) is 0 Å². The number of anilines is 1. The van der Waals surface area contributed by atoms with Gasteiger partial charge in [0.25, 0.3) is 0 Å². The Labute approximate surface area is 192 Å². The Morgan fingerprint density at radius 1 is 1.19 bits per heavy atom. The smallest absolute Gasteiger partial charge is 0.239 e. The molecule has 8 nitrogen and oxygen atoms in total. The van der Waals surface area contributed by atoms with Gasteiger partial charge in [0.1, 0.15) is 23.9 Å². The lowest BCUT2D eigenvalue weighted by molar-refractivity contribution is -0.120. The van der Waals surface area contributed by atoms with Crippen LogP contribution in [0.3, 0.4) is 0 Å². The second-order valence-corrected chi connectivity index (χ2v) is 8.26. The first-order chi connectivity index (χ1) is 15.3. The Morgan fingerprint density at radius 3 is 2.62 bits per heavy atom. The standard InChI is InChI=1S/C22H32N6O2.C2H6/c1-15(2)24-20(29)14-28(5)22-17-7-6-8-18(17)25-21(26-22)19-13-16(9-10-23-19)30-12-11-27(3)4;1-2/h9-10,13,15H,6-8,11-12,14H2,1-5H3,(H,24,29);1-2H3. The van der Waals surface area contributed by atoms with E-state index in [0.717, 1.165) is 48.6 Å². The molecule has 0 unspecified atom stereocenters. The minimum atomic E-state index is -0.0196. The van der Waals surface area contributed by atoms with Crippen molar-refractivity contribution < 1.29 is 9.53 Å². The van der Waals surface area contributed by atoms with Gasteiger partial charge in [0.05, 0.1) is 6.54 Å². The molecule has 0 saturated heterocycles. The molecule has 0 saturated carbocycles. The molecule has 2 heterocycles. The lowest BCUT2D eigenvalue weighted by Crippen LogP contribution is -2.39. The highest BCUT2D eigenvalue weighted by atomic mass is 16.5. The fourth-order valence-electron chi connectivity index (χ4n) is 3.47. The zero-order valence-electron chi connectivity index (χ0n) is 20.6. The van der Waals surface area contributed by atoms with Crippen LogP contribution < -0.4 is 15.0 Å². The molecule has 2 aromatic rings. The average Bonchev–Trinajstić information content (AvgIpc) is 3.22. The zero-order chi connectivity index (χ0) is 23.7. The number of fused-ring (bicyclic) bond motifs is 1. The predicted octanol–water partition coefficient (Wildman–Crippen LogP) is 2.95. The number of aromatic nitrogens is 3. The van der Waals surface area contributed by atoms with Gasteiger partial charge in [0, 0.05) is 43.2 Å². The molecule has 3 rings (SSSR count). The van der Waals surface area contributed by atoms with Crippen molar-refractivity contribution in [3.8, 4) is 17.3 Å². The lowest BCUT2D eigenvalue weighted by atomic mass is 10.2. The molecule has 1 N–H and O–H groups in total. The predicted molar refractivity (Wildman–Crippen MR) is 129 cm³/mol. The van der Waals surface area contributed by atoms with E-state index in [1.54, 1.807) is 6.20 Å². The highest BCUT2D eigenvalue weighted by Gasteiger charge is 2.23. The van der Waals surface area contributed by atoms with Crippen LogP contribution >= 0.6 is 0 Å². The van der Waals surface area contributed by atoms with E-state index < -0.39 is 0 Å². The number of pyridine rings is 1. The van der Waals surface area contributed by atoms with E-state index in [0.29, 0.717) is 18.1 Å². The fraction of sp³-hybridized carbons (Fsp3) is 0.583. The van der Waals surface area contributed by atoms with E-state index >= 15 is 0 Å². The van der Waals surface area contributed by atoms with Gasteiger partial charge in [-0.1, -0.05) is 13.8 Å². The van der Waals surface area contributed by atoms with Gasteiger partial charge in [-0.25, -0.2) is 9.97 Å². The monoisotopic (exact) mass is 442 g/mol. The lowest BCUT2D eigenvalue weighted by Gasteiger charge is -2.22. The van der Waals surface area contributed by atoms with Gasteiger partial charge in [0.2, 0.25) is 5.91 Å². The van der Waals surface area contributed by atoms with Gasteiger partial charge in [-0.15, -0.1) is 0 Å². The molecular formula is C24H38N6O2. The summed E-state index contributed by atoms with van der Waals surface area (Å²) in [5, 5.41) is 2.94. The van der Waals surface area contributed by atoms with Crippen LogP contribution in [0.15, 0.2) is 18.3 Å². The van der Waals surface area contributed by atoms with Gasteiger partial charge in [-0.05, 0) is 53.3 Å². The van der Waals surface area contributed by atoms with E-state index in [2.05, 4.69) is 15.2 Å². The molecule has 0 atom stereocenters. The number of aryl methyl sites for hydroxylation is 1. The molecule has 176 valence electrons. The Balaban J connectivity index is 0.00000176. The number of ether oxygens (including phenoxy) is 1. The van der Waals surface area contributed by atoms with Gasteiger partial charge in [0.15, 0.2) is 5.82 Å². The molecule has 8 heteroatoms. The SMILES string of the molecule is CC.CC(C)NC(=O)CN(C)c1nc(-c2cc(OCCN(C)C)ccn2)nc2c1CCC2. The number of amides is 1. The summed E-state index contributed by atoms with van der Waals surface area (Å²) in [5.74, 6) is 2.11. The molecule has 1 aliphatic carbocycles. The molecule has 0 aliphatic heterocycles. The van der Waals surface area contributed by atoms with Crippen LogP contribution in [0.5, 0.6) is 5.75 Å². The van der Waals surface area contributed by atoms with E-state index in [1.165, 1.54) is 0 Å². The van der Waals surface area contributed by atoms with Crippen molar-refractivity contribution in [3.05, 3.63) is 29.6 Å². The Morgan fingerprint density at radius 2 is 1.94 bits per heavy atom. The average molecular weight is 443 g/mol. The van der Waals surface area contributed by atoms with Gasteiger partial charge >= 0.3 is 0 Å². The molecule has 0 bridgehead atoms. The van der Waals surface area contributed by atoms with E-state index in [4.69, 9.17) is 14.7 Å². The molecule has 0 fully saturated rings. The van der Waals surface area contributed by atoms with Crippen LogP contribution in [0, 0.1) is 0 Å². The number of hydrogen-bond donors (Lipinski definition) is 1. The first-order valence-corrected chi connectivity index (χ1v) is 11.5. The quantitative estimate of drug-likeness (QED) is 0.639. The molecule has 1 amide bonds. The topological polar surface area (TPSA) is 83.5 Å². The molecule has 2 aromatic heterocycles. The number of nitrogens with one attached hydrogen (secondary N) is 1. The maximum absolute atomic E-state index is 12.3. The molecule has 0 aromatic carbocycles. The van der Waals surface area contributed by atoms with Crippen LogP contribution in [0.25, 0.3) is 11.5 Å². The Bertz CT molecular complexity index is 885. The molecule has 32 heavy (non-hydrogen) atoms. The largest absolute Gasteiger partial charge is 0.492 e. The Kier molecular flexibility index (Phi) is 9.84. The molecular weight excluding hydrogens is 404 g/mol. The maximum atomic E-state index is 12.3. The molecule has 0 spiro atoms. The minimum Gasteiger partial charge on any atom is -0.492 e. The van der Waals surface area contributed by atoms with Crippen LogP contribution in [0.4, 0.5) is 5.82 Å². The summed E-state index contributed by atoms with van der Waals surface area (Å²) in [4.78, 5) is 30.3. The van der Waals surface area contributed by atoms with Crippen LogP contribution in [0.1, 0.15) is 45.4 Å². The van der Waals surface area contributed by atoms with Crippen molar-refractivity contribution in [3.63, 3.8) is 0 Å². The van der Waals surface area contributed by atoms with E-state index in [9.17, 15) is 4.79 Å². The third kappa shape index (κ3) is 7.15. The summed E-state index contributed by atoms with van der Waals surface area (Å²) in [5.41, 5.74) is 2.86. The van der Waals surface area contributed by atoms with Crippen molar-refractivity contribution in [1.29, 1.82) is 0 Å². The van der Waals surface area contributed by atoms with E-state index in [-0.39, 0.29) is 18.5 Å². The number of carbonyl (C=O) groups excluding carboxylic acids is 1. The van der Waals surface area contributed by atoms with Crippen molar-refractivity contribution in [2.24, 2.45) is 0 Å². The van der Waals surface area contributed by atoms with Crippen molar-refractivity contribution in [2.45, 2.75) is 53.0 Å². The summed E-state index contributed by atoms with van der Waals surface area (Å²) < 4.78 is 5.84. The third-order valence-electron chi connectivity index (χ3n) is 4.87. The van der Waals surface area contributed by atoms with Crippen molar-refractivity contribution in [1.82, 2.24) is 25.2 Å². The summed E-state index contributed by atoms with van der Waals surface area (Å²) in [7, 11) is 5.93. The molecule has 0 radical (unpaired) electrons. The number of hydrogen-bond acceptors (Lipinski definition) is 7. The third-order valence-corrected chi connectivity index (χ3v) is 4.87. The highest BCUT2D eigenvalue weighted by molar-refractivity contribution is 5.81. The van der Waals surface area contributed by atoms with Crippen LogP contribution in [-0.4, -0.2) is 72.6 Å². The summed E-state index contributed by atoms with van der Waals surface area (Å²) in [6.07, 6.45) is 4.62. The maximum Gasteiger partial charge on any atom is 0.239 e. The summed E-state index contributed by atoms with van der Waals surface area (Å²) in [6.45, 7) is 9.60. The van der Waals surface area contributed by atoms with Crippen molar-refractivity contribution >= 4 is 11.7 Å². The van der Waals surface area contributed by atoms with E-state index in [1.807, 2.05) is 65.9 Å². The molecule has 1 aliphatic rings. The normalized spacial score (nSPS) is 12.3. The first kappa shape index (κ1) is 25.5. The number of rotatable bonds is 9. The minimum absolute atomic E-state index is 0.0196.